The van der Waals surface area contributed by atoms with Gasteiger partial charge in [0.05, 0.1) is 11.7 Å². The number of benzene rings is 2. The van der Waals surface area contributed by atoms with Crippen LogP contribution in [0.3, 0.4) is 0 Å². The minimum Gasteiger partial charge on any atom is -0.478 e. The van der Waals surface area contributed by atoms with Crippen LogP contribution >= 0.6 is 0 Å². The Hall–Kier alpha value is -3.81. The Morgan fingerprint density at radius 3 is 2.31 bits per heavy atom. The zero-order chi connectivity index (χ0) is 25.2. The number of likely N-dealkylation sites (tertiary alicyclic amines) is 1. The van der Waals surface area contributed by atoms with Crippen molar-refractivity contribution in [3.05, 3.63) is 65.9 Å². The van der Waals surface area contributed by atoms with Crippen LogP contribution in [-0.2, 0) is 11.2 Å². The van der Waals surface area contributed by atoms with Gasteiger partial charge in [0, 0.05) is 18.7 Å². The molecule has 8 nitrogen and oxygen atoms in total. The first-order chi connectivity index (χ1) is 16.7. The number of hydrogen-bond acceptors (Lipinski definition) is 5. The molecule has 4 rings (SSSR count). The minimum absolute atomic E-state index is 0.120. The number of nitrogens with zero attached hydrogens (tertiary/aromatic N) is 3. The second-order valence-electron chi connectivity index (χ2n) is 9.58. The molecule has 1 fully saturated rings. The lowest BCUT2D eigenvalue weighted by atomic mass is 10.0. The van der Waals surface area contributed by atoms with Crippen molar-refractivity contribution in [1.29, 1.82) is 0 Å². The molecule has 1 N–H and O–H groups in total. The second kappa shape index (κ2) is 9.82. The van der Waals surface area contributed by atoms with Crippen molar-refractivity contribution in [2.45, 2.75) is 52.2 Å². The number of rotatable bonds is 6. The third kappa shape index (κ3) is 5.48. The van der Waals surface area contributed by atoms with Crippen LogP contribution in [0.1, 0.15) is 56.2 Å². The number of hydrogen-bond donors (Lipinski definition) is 1. The normalized spacial score (nSPS) is 15.8. The van der Waals surface area contributed by atoms with E-state index in [0.29, 0.717) is 48.6 Å². The Morgan fingerprint density at radius 2 is 1.71 bits per heavy atom. The molecule has 2 heterocycles. The van der Waals surface area contributed by atoms with E-state index in [-0.39, 0.29) is 17.7 Å². The van der Waals surface area contributed by atoms with Crippen molar-refractivity contribution >= 4 is 12.1 Å². The summed E-state index contributed by atoms with van der Waals surface area (Å²) in [5.74, 6) is 0.352. The topological polar surface area (TPSA) is 93.9 Å². The van der Waals surface area contributed by atoms with Crippen LogP contribution in [0.4, 0.5) is 4.79 Å². The van der Waals surface area contributed by atoms with Crippen molar-refractivity contribution in [2.24, 2.45) is 0 Å². The minimum atomic E-state index is -1.02. The summed E-state index contributed by atoms with van der Waals surface area (Å²) in [5, 5.41) is 14.8. The highest BCUT2D eigenvalue weighted by Crippen LogP contribution is 2.33. The Balaban J connectivity index is 1.60. The molecule has 3 aromatic rings. The number of carboxylic acid groups (broad SMARTS) is 1. The van der Waals surface area contributed by atoms with Crippen molar-refractivity contribution < 1.29 is 24.2 Å². The maximum Gasteiger partial charge on any atom is 0.410 e. The highest BCUT2D eigenvalue weighted by Gasteiger charge is 2.34. The van der Waals surface area contributed by atoms with E-state index in [9.17, 15) is 14.7 Å². The summed E-state index contributed by atoms with van der Waals surface area (Å²) < 4.78 is 13.1. The lowest BCUT2D eigenvalue weighted by Crippen LogP contribution is -2.35. The fourth-order valence-corrected chi connectivity index (χ4v) is 4.28. The van der Waals surface area contributed by atoms with Crippen LogP contribution in [0, 0.1) is 0 Å². The number of para-hydroxylation sites is 1. The van der Waals surface area contributed by atoms with E-state index < -0.39 is 11.6 Å². The molecule has 2 aromatic carbocycles. The summed E-state index contributed by atoms with van der Waals surface area (Å²) >= 11 is 0. The molecule has 35 heavy (non-hydrogen) atoms. The number of amides is 1. The molecule has 1 amide bonds. The van der Waals surface area contributed by atoms with Crippen LogP contribution in [0.5, 0.6) is 11.5 Å². The summed E-state index contributed by atoms with van der Waals surface area (Å²) in [6.45, 7) is 8.38. The predicted molar refractivity (Wildman–Crippen MR) is 132 cm³/mol. The SMILES string of the molecule is CCc1c(C(=O)O)c(-c2ccc(Oc3ccccc3)cc2)nn1C1CCN(C(=O)OC(C)(C)C)C1. The van der Waals surface area contributed by atoms with E-state index >= 15 is 0 Å². The smallest absolute Gasteiger partial charge is 0.410 e. The zero-order valence-electron chi connectivity index (χ0n) is 20.5. The molecule has 0 saturated carbocycles. The van der Waals surface area contributed by atoms with E-state index in [2.05, 4.69) is 0 Å². The quantitative estimate of drug-likeness (QED) is 0.483. The highest BCUT2D eigenvalue weighted by molar-refractivity contribution is 5.96. The first-order valence-corrected chi connectivity index (χ1v) is 11.8. The highest BCUT2D eigenvalue weighted by atomic mass is 16.6. The third-order valence-electron chi connectivity index (χ3n) is 5.83. The largest absolute Gasteiger partial charge is 0.478 e. The standard InChI is InChI=1S/C27H31N3O5/c1-5-22-23(25(31)32)24(18-11-13-21(14-12-18)34-20-9-7-6-8-10-20)28-30(22)19-15-16-29(17-19)26(33)35-27(2,3)4/h6-14,19H,5,15-17H2,1-4H3,(H,31,32). The number of ether oxygens (including phenoxy) is 2. The lowest BCUT2D eigenvalue weighted by molar-refractivity contribution is 0.0287. The molecule has 1 aliphatic rings. The van der Waals surface area contributed by atoms with Gasteiger partial charge < -0.3 is 19.5 Å². The van der Waals surface area contributed by atoms with Gasteiger partial charge in [0.15, 0.2) is 0 Å². The first kappa shape index (κ1) is 24.3. The fraction of sp³-hybridized carbons (Fsp3) is 0.370. The van der Waals surface area contributed by atoms with Crippen LogP contribution in [0.25, 0.3) is 11.3 Å². The van der Waals surface area contributed by atoms with E-state index in [1.165, 1.54) is 0 Å². The van der Waals surface area contributed by atoms with E-state index in [1.807, 2.05) is 70.2 Å². The molecular formula is C27H31N3O5. The van der Waals surface area contributed by atoms with Crippen LogP contribution in [-0.4, -0.2) is 50.5 Å². The molecule has 1 saturated heterocycles. The van der Waals surface area contributed by atoms with Crippen molar-refractivity contribution in [3.63, 3.8) is 0 Å². The van der Waals surface area contributed by atoms with Gasteiger partial charge in [-0.1, -0.05) is 25.1 Å². The van der Waals surface area contributed by atoms with Gasteiger partial charge in [0.1, 0.15) is 28.4 Å². The van der Waals surface area contributed by atoms with Crippen molar-refractivity contribution in [1.82, 2.24) is 14.7 Å². The lowest BCUT2D eigenvalue weighted by Gasteiger charge is -2.24. The van der Waals surface area contributed by atoms with Crippen molar-refractivity contribution in [3.8, 4) is 22.8 Å². The maximum absolute atomic E-state index is 12.5. The molecule has 0 aliphatic carbocycles. The predicted octanol–water partition coefficient (Wildman–Crippen LogP) is 5.78. The number of aromatic nitrogens is 2. The summed E-state index contributed by atoms with van der Waals surface area (Å²) in [6.07, 6.45) is 0.821. The Bertz CT molecular complexity index is 1200. The molecule has 1 aromatic heterocycles. The molecular weight excluding hydrogens is 446 g/mol. The number of carbonyl (C=O) groups excluding carboxylic acids is 1. The van der Waals surface area contributed by atoms with Gasteiger partial charge in [-0.05, 0) is 70.0 Å². The monoisotopic (exact) mass is 477 g/mol. The maximum atomic E-state index is 12.5. The van der Waals surface area contributed by atoms with Gasteiger partial charge in [-0.2, -0.15) is 5.10 Å². The van der Waals surface area contributed by atoms with Crippen LogP contribution < -0.4 is 4.74 Å². The number of carboxylic acids is 1. The molecule has 0 bridgehead atoms. The summed E-state index contributed by atoms with van der Waals surface area (Å²) in [7, 11) is 0. The fourth-order valence-electron chi connectivity index (χ4n) is 4.28. The Kier molecular flexibility index (Phi) is 6.82. The number of aromatic carboxylic acids is 1. The first-order valence-electron chi connectivity index (χ1n) is 11.8. The Labute approximate surface area is 205 Å². The summed E-state index contributed by atoms with van der Waals surface area (Å²) in [4.78, 5) is 26.5. The summed E-state index contributed by atoms with van der Waals surface area (Å²) in [6, 6.07) is 16.6. The molecule has 184 valence electrons. The Morgan fingerprint density at radius 1 is 1.06 bits per heavy atom. The number of carbonyl (C=O) groups is 2. The zero-order valence-corrected chi connectivity index (χ0v) is 20.5. The van der Waals surface area contributed by atoms with Gasteiger partial charge >= 0.3 is 12.1 Å². The van der Waals surface area contributed by atoms with E-state index in [0.717, 1.165) is 5.75 Å². The molecule has 0 radical (unpaired) electrons. The second-order valence-corrected chi connectivity index (χ2v) is 9.58. The van der Waals surface area contributed by atoms with E-state index in [1.54, 1.807) is 21.7 Å². The van der Waals surface area contributed by atoms with Gasteiger partial charge in [-0.15, -0.1) is 0 Å². The van der Waals surface area contributed by atoms with E-state index in [4.69, 9.17) is 14.6 Å². The third-order valence-corrected chi connectivity index (χ3v) is 5.83. The van der Waals surface area contributed by atoms with Gasteiger partial charge in [0.25, 0.3) is 0 Å². The van der Waals surface area contributed by atoms with Gasteiger partial charge in [-0.3, -0.25) is 4.68 Å². The van der Waals surface area contributed by atoms with Gasteiger partial charge in [-0.25, -0.2) is 9.59 Å². The van der Waals surface area contributed by atoms with Gasteiger partial charge in [0.2, 0.25) is 0 Å². The average Bonchev–Trinajstić information content (AvgIpc) is 3.44. The molecule has 8 heteroatoms. The van der Waals surface area contributed by atoms with Crippen LogP contribution in [0.2, 0.25) is 0 Å². The van der Waals surface area contributed by atoms with Crippen LogP contribution in [0.15, 0.2) is 54.6 Å². The average molecular weight is 478 g/mol. The van der Waals surface area contributed by atoms with Crippen molar-refractivity contribution in [2.75, 3.05) is 13.1 Å². The molecule has 1 aliphatic heterocycles. The molecule has 1 unspecified atom stereocenters. The summed E-state index contributed by atoms with van der Waals surface area (Å²) in [5.41, 5.74) is 1.37. The molecule has 1 atom stereocenters. The molecule has 0 spiro atoms.